The smallest absolute Gasteiger partial charge is 0.326 e. The second-order valence-electron chi connectivity index (χ2n) is 7.04. The molecule has 2 atom stereocenters. The summed E-state index contributed by atoms with van der Waals surface area (Å²) in [6, 6.07) is 14.5. The van der Waals surface area contributed by atoms with Crippen molar-refractivity contribution in [1.29, 1.82) is 0 Å². The quantitative estimate of drug-likeness (QED) is 0.656. The van der Waals surface area contributed by atoms with E-state index in [-0.39, 0.29) is 25.0 Å². The average Bonchev–Trinajstić information content (AvgIpc) is 2.84. The third-order valence-corrected chi connectivity index (χ3v) is 5.43. The number of nitrogens with zero attached hydrogens (tertiary/aromatic N) is 2. The number of esters is 1. The SMILES string of the molecule is CCOC(=O)CN1C(=O)C([C@@H](C)CC)N=C(c2ccccc2)c2cccc(Cl)c21. The minimum Gasteiger partial charge on any atom is -0.465 e. The zero-order chi connectivity index (χ0) is 21.0. The Hall–Kier alpha value is -2.66. The summed E-state index contributed by atoms with van der Waals surface area (Å²) in [6.45, 7) is 5.80. The van der Waals surface area contributed by atoms with Gasteiger partial charge in [0.2, 0.25) is 0 Å². The molecular weight excluding hydrogens is 388 g/mol. The maximum Gasteiger partial charge on any atom is 0.326 e. The molecule has 152 valence electrons. The van der Waals surface area contributed by atoms with Crippen LogP contribution in [0.3, 0.4) is 0 Å². The Morgan fingerprint density at radius 2 is 1.90 bits per heavy atom. The van der Waals surface area contributed by atoms with Crippen molar-refractivity contribution in [2.75, 3.05) is 18.1 Å². The number of aliphatic imine (C=N–C) groups is 1. The van der Waals surface area contributed by atoms with Crippen LogP contribution in [0.4, 0.5) is 5.69 Å². The van der Waals surface area contributed by atoms with E-state index in [2.05, 4.69) is 0 Å². The van der Waals surface area contributed by atoms with E-state index in [0.717, 1.165) is 17.5 Å². The van der Waals surface area contributed by atoms with E-state index in [1.165, 1.54) is 4.90 Å². The summed E-state index contributed by atoms with van der Waals surface area (Å²) in [7, 11) is 0. The Labute approximate surface area is 176 Å². The third-order valence-electron chi connectivity index (χ3n) is 5.12. The van der Waals surface area contributed by atoms with Crippen molar-refractivity contribution in [3.05, 3.63) is 64.7 Å². The van der Waals surface area contributed by atoms with Gasteiger partial charge < -0.3 is 4.74 Å². The predicted octanol–water partition coefficient (Wildman–Crippen LogP) is 4.50. The lowest BCUT2D eigenvalue weighted by Crippen LogP contribution is -2.44. The molecule has 0 bridgehead atoms. The molecule has 29 heavy (non-hydrogen) atoms. The Bertz CT molecular complexity index is 927. The van der Waals surface area contributed by atoms with Crippen LogP contribution in [0.15, 0.2) is 53.5 Å². The molecule has 6 heteroatoms. The van der Waals surface area contributed by atoms with Crippen LogP contribution in [0.25, 0.3) is 0 Å². The maximum absolute atomic E-state index is 13.5. The summed E-state index contributed by atoms with van der Waals surface area (Å²) < 4.78 is 5.11. The lowest BCUT2D eigenvalue weighted by molar-refractivity contribution is -0.142. The first kappa shape index (κ1) is 21.1. The molecule has 2 aromatic rings. The lowest BCUT2D eigenvalue weighted by Gasteiger charge is -2.27. The number of anilines is 1. The fourth-order valence-electron chi connectivity index (χ4n) is 3.43. The molecule has 0 fully saturated rings. The van der Waals surface area contributed by atoms with Gasteiger partial charge in [-0.15, -0.1) is 0 Å². The number of carbonyl (C=O) groups is 2. The molecule has 1 aliphatic rings. The summed E-state index contributed by atoms with van der Waals surface area (Å²) in [6.07, 6.45) is 0.777. The number of halogens is 1. The first-order chi connectivity index (χ1) is 14.0. The van der Waals surface area contributed by atoms with Gasteiger partial charge in [-0.1, -0.05) is 74.3 Å². The van der Waals surface area contributed by atoms with Gasteiger partial charge in [0.25, 0.3) is 5.91 Å². The van der Waals surface area contributed by atoms with Gasteiger partial charge >= 0.3 is 5.97 Å². The van der Waals surface area contributed by atoms with Crippen molar-refractivity contribution in [1.82, 2.24) is 0 Å². The standard InChI is InChI=1S/C23H25ClN2O3/c1-4-15(3)20-23(28)26(14-19(27)29-5-2)22-17(12-9-13-18(22)24)21(25-20)16-10-7-6-8-11-16/h6-13,15,20H,4-5,14H2,1-3H3/t15-,20?/m0/s1. The van der Waals surface area contributed by atoms with Gasteiger partial charge in [0.05, 0.1) is 23.0 Å². The second-order valence-corrected chi connectivity index (χ2v) is 7.45. The fraction of sp³-hybridized carbons (Fsp3) is 0.348. The van der Waals surface area contributed by atoms with Gasteiger partial charge in [0.15, 0.2) is 0 Å². The molecule has 0 spiro atoms. The molecule has 5 nitrogen and oxygen atoms in total. The number of fused-ring (bicyclic) bond motifs is 1. The summed E-state index contributed by atoms with van der Waals surface area (Å²) in [5.41, 5.74) is 2.83. The Kier molecular flexibility index (Phi) is 6.70. The Morgan fingerprint density at radius 3 is 2.55 bits per heavy atom. The van der Waals surface area contributed by atoms with E-state index in [1.807, 2.05) is 56.3 Å². The molecule has 1 aliphatic heterocycles. The number of rotatable bonds is 6. The van der Waals surface area contributed by atoms with Crippen molar-refractivity contribution in [2.24, 2.45) is 10.9 Å². The van der Waals surface area contributed by atoms with Crippen molar-refractivity contribution in [3.8, 4) is 0 Å². The van der Waals surface area contributed by atoms with Crippen LogP contribution >= 0.6 is 11.6 Å². The van der Waals surface area contributed by atoms with E-state index in [9.17, 15) is 9.59 Å². The first-order valence-electron chi connectivity index (χ1n) is 9.87. The first-order valence-corrected chi connectivity index (χ1v) is 10.2. The van der Waals surface area contributed by atoms with Crippen molar-refractivity contribution in [3.63, 3.8) is 0 Å². The minimum absolute atomic E-state index is 0.000930. The number of amides is 1. The highest BCUT2D eigenvalue weighted by atomic mass is 35.5. The largest absolute Gasteiger partial charge is 0.465 e. The fourth-order valence-corrected chi connectivity index (χ4v) is 3.70. The van der Waals surface area contributed by atoms with Crippen LogP contribution in [0.1, 0.15) is 38.3 Å². The molecule has 1 heterocycles. The number of hydrogen-bond acceptors (Lipinski definition) is 4. The normalized spacial score (nSPS) is 17.2. The maximum atomic E-state index is 13.5. The lowest BCUT2D eigenvalue weighted by atomic mass is 9.98. The molecule has 0 saturated carbocycles. The average molecular weight is 413 g/mol. The topological polar surface area (TPSA) is 59.0 Å². The molecule has 0 aliphatic carbocycles. The zero-order valence-electron chi connectivity index (χ0n) is 16.9. The van der Waals surface area contributed by atoms with E-state index in [1.54, 1.807) is 13.0 Å². The molecule has 1 unspecified atom stereocenters. The van der Waals surface area contributed by atoms with E-state index in [4.69, 9.17) is 21.3 Å². The minimum atomic E-state index is -0.618. The van der Waals surface area contributed by atoms with Crippen LogP contribution in [0.5, 0.6) is 0 Å². The van der Waals surface area contributed by atoms with Gasteiger partial charge in [-0.05, 0) is 18.9 Å². The molecule has 0 saturated heterocycles. The van der Waals surface area contributed by atoms with Crippen molar-refractivity contribution in [2.45, 2.75) is 33.2 Å². The zero-order valence-corrected chi connectivity index (χ0v) is 17.6. The van der Waals surface area contributed by atoms with Crippen LogP contribution in [-0.4, -0.2) is 36.8 Å². The number of carbonyl (C=O) groups excluding carboxylic acids is 2. The summed E-state index contributed by atoms with van der Waals surface area (Å²) >= 11 is 6.55. The second kappa shape index (κ2) is 9.23. The molecule has 0 aromatic heterocycles. The van der Waals surface area contributed by atoms with Crippen LogP contribution in [0.2, 0.25) is 5.02 Å². The summed E-state index contributed by atoms with van der Waals surface area (Å²) in [4.78, 5) is 32.2. The Morgan fingerprint density at radius 1 is 1.17 bits per heavy atom. The highest BCUT2D eigenvalue weighted by Crippen LogP contribution is 2.36. The Balaban J connectivity index is 2.22. The summed E-state index contributed by atoms with van der Waals surface area (Å²) in [5, 5.41) is 0.397. The highest BCUT2D eigenvalue weighted by Gasteiger charge is 2.36. The number of para-hydroxylation sites is 1. The third kappa shape index (κ3) is 4.35. The predicted molar refractivity (Wildman–Crippen MR) is 116 cm³/mol. The van der Waals surface area contributed by atoms with Crippen LogP contribution in [0, 0.1) is 5.92 Å². The molecule has 1 amide bonds. The number of benzene rings is 2. The van der Waals surface area contributed by atoms with E-state index >= 15 is 0 Å². The molecule has 0 N–H and O–H groups in total. The number of ether oxygens (including phenoxy) is 1. The summed E-state index contributed by atoms with van der Waals surface area (Å²) in [5.74, 6) is -0.718. The molecule has 3 rings (SSSR count). The molecular formula is C23H25ClN2O3. The van der Waals surface area contributed by atoms with Crippen molar-refractivity contribution >= 4 is 34.9 Å². The van der Waals surface area contributed by atoms with Gasteiger partial charge in [0.1, 0.15) is 12.6 Å². The number of hydrogen-bond donors (Lipinski definition) is 0. The van der Waals surface area contributed by atoms with Gasteiger partial charge in [0, 0.05) is 11.1 Å². The molecule has 2 aromatic carbocycles. The van der Waals surface area contributed by atoms with Crippen LogP contribution < -0.4 is 4.90 Å². The van der Waals surface area contributed by atoms with Gasteiger partial charge in [-0.2, -0.15) is 0 Å². The monoisotopic (exact) mass is 412 g/mol. The van der Waals surface area contributed by atoms with E-state index in [0.29, 0.717) is 16.4 Å². The van der Waals surface area contributed by atoms with E-state index < -0.39 is 12.0 Å². The van der Waals surface area contributed by atoms with Gasteiger partial charge in [-0.25, -0.2) is 0 Å². The van der Waals surface area contributed by atoms with Gasteiger partial charge in [-0.3, -0.25) is 19.5 Å². The number of benzodiazepines with no additional fused rings is 1. The molecule has 0 radical (unpaired) electrons. The van der Waals surface area contributed by atoms with Crippen LogP contribution in [-0.2, 0) is 14.3 Å². The highest BCUT2D eigenvalue weighted by molar-refractivity contribution is 6.36. The van der Waals surface area contributed by atoms with Crippen molar-refractivity contribution < 1.29 is 14.3 Å².